The lowest BCUT2D eigenvalue weighted by molar-refractivity contribution is 0.242. The highest BCUT2D eigenvalue weighted by Gasteiger charge is 2.00. The van der Waals surface area contributed by atoms with Crippen molar-refractivity contribution in [3.8, 4) is 5.75 Å². The largest absolute Gasteiger partial charge is 0.491 e. The van der Waals surface area contributed by atoms with Crippen LogP contribution in [0, 0.1) is 0 Å². The Morgan fingerprint density at radius 2 is 1.95 bits per heavy atom. The van der Waals surface area contributed by atoms with E-state index < -0.39 is 0 Å². The highest BCUT2D eigenvalue weighted by molar-refractivity contribution is 7.80. The number of rotatable bonds is 5. The van der Waals surface area contributed by atoms with E-state index in [-0.39, 0.29) is 6.10 Å². The molecular formula is C16H19N3OS. The molecule has 2 aromatic rings. The molecule has 0 saturated heterocycles. The second-order valence-electron chi connectivity index (χ2n) is 4.82. The maximum Gasteiger partial charge on any atom is 0.171 e. The van der Waals surface area contributed by atoms with E-state index in [1.54, 1.807) is 6.20 Å². The molecular weight excluding hydrogens is 282 g/mol. The van der Waals surface area contributed by atoms with Gasteiger partial charge in [-0.15, -0.1) is 0 Å². The second-order valence-corrected chi connectivity index (χ2v) is 5.23. The van der Waals surface area contributed by atoms with Gasteiger partial charge in [0.1, 0.15) is 5.75 Å². The van der Waals surface area contributed by atoms with Crippen molar-refractivity contribution >= 4 is 23.0 Å². The highest BCUT2D eigenvalue weighted by Crippen LogP contribution is 2.16. The van der Waals surface area contributed by atoms with Crippen LogP contribution < -0.4 is 15.4 Å². The number of aromatic nitrogens is 1. The van der Waals surface area contributed by atoms with Crippen LogP contribution in [0.25, 0.3) is 0 Å². The quantitative estimate of drug-likeness (QED) is 0.829. The fourth-order valence-corrected chi connectivity index (χ4v) is 1.93. The van der Waals surface area contributed by atoms with Crippen molar-refractivity contribution in [2.24, 2.45) is 0 Å². The maximum absolute atomic E-state index is 5.59. The summed E-state index contributed by atoms with van der Waals surface area (Å²) < 4.78 is 5.59. The summed E-state index contributed by atoms with van der Waals surface area (Å²) in [5, 5.41) is 6.82. The molecule has 2 rings (SSSR count). The summed E-state index contributed by atoms with van der Waals surface area (Å²) in [5.41, 5.74) is 1.87. The molecule has 0 unspecified atom stereocenters. The van der Waals surface area contributed by atoms with Crippen LogP contribution in [0.3, 0.4) is 0 Å². The van der Waals surface area contributed by atoms with Crippen LogP contribution in [0.15, 0.2) is 48.7 Å². The molecule has 1 aromatic heterocycles. The van der Waals surface area contributed by atoms with E-state index in [0.29, 0.717) is 11.7 Å². The van der Waals surface area contributed by atoms with E-state index in [2.05, 4.69) is 15.6 Å². The summed E-state index contributed by atoms with van der Waals surface area (Å²) >= 11 is 5.26. The van der Waals surface area contributed by atoms with Gasteiger partial charge in [-0.1, -0.05) is 6.07 Å². The Labute approximate surface area is 130 Å². The standard InChI is InChI=1S/C16H19N3OS/c1-12(2)20-15-8-6-13(7-9-15)19-16(21)18-11-14-5-3-4-10-17-14/h3-10,12H,11H2,1-2H3,(H2,18,19,21). The van der Waals surface area contributed by atoms with Gasteiger partial charge < -0.3 is 15.4 Å². The van der Waals surface area contributed by atoms with Gasteiger partial charge in [-0.05, 0) is 62.5 Å². The van der Waals surface area contributed by atoms with E-state index in [9.17, 15) is 0 Å². The third-order valence-electron chi connectivity index (χ3n) is 2.64. The van der Waals surface area contributed by atoms with Crippen molar-refractivity contribution in [3.63, 3.8) is 0 Å². The van der Waals surface area contributed by atoms with Crippen LogP contribution >= 0.6 is 12.2 Å². The zero-order valence-corrected chi connectivity index (χ0v) is 13.0. The lowest BCUT2D eigenvalue weighted by atomic mass is 10.3. The first-order valence-electron chi connectivity index (χ1n) is 6.85. The van der Waals surface area contributed by atoms with Crippen molar-refractivity contribution in [3.05, 3.63) is 54.4 Å². The van der Waals surface area contributed by atoms with E-state index >= 15 is 0 Å². The van der Waals surface area contributed by atoms with E-state index in [0.717, 1.165) is 17.1 Å². The normalized spacial score (nSPS) is 10.2. The van der Waals surface area contributed by atoms with E-state index in [1.165, 1.54) is 0 Å². The molecule has 0 atom stereocenters. The van der Waals surface area contributed by atoms with Crippen LogP contribution in [-0.4, -0.2) is 16.2 Å². The van der Waals surface area contributed by atoms with Gasteiger partial charge >= 0.3 is 0 Å². The van der Waals surface area contributed by atoms with Gasteiger partial charge in [0.25, 0.3) is 0 Å². The Morgan fingerprint density at radius 1 is 1.19 bits per heavy atom. The predicted molar refractivity (Wildman–Crippen MR) is 89.5 cm³/mol. The van der Waals surface area contributed by atoms with Crippen molar-refractivity contribution in [1.82, 2.24) is 10.3 Å². The number of benzene rings is 1. The molecule has 0 amide bonds. The van der Waals surface area contributed by atoms with Crippen LogP contribution in [0.5, 0.6) is 5.75 Å². The Bertz CT molecular complexity index is 570. The fraction of sp³-hybridized carbons (Fsp3) is 0.250. The Hall–Kier alpha value is -2.14. The third-order valence-corrected chi connectivity index (χ3v) is 2.89. The number of hydrogen-bond acceptors (Lipinski definition) is 3. The summed E-state index contributed by atoms with van der Waals surface area (Å²) in [6.45, 7) is 4.60. The first-order chi connectivity index (χ1) is 10.1. The van der Waals surface area contributed by atoms with Gasteiger partial charge in [0, 0.05) is 11.9 Å². The number of thiocarbonyl (C=S) groups is 1. The van der Waals surface area contributed by atoms with Crippen LogP contribution in [-0.2, 0) is 6.54 Å². The first kappa shape index (κ1) is 15.3. The smallest absolute Gasteiger partial charge is 0.171 e. The lowest BCUT2D eigenvalue weighted by Crippen LogP contribution is -2.28. The monoisotopic (exact) mass is 301 g/mol. The minimum absolute atomic E-state index is 0.171. The minimum atomic E-state index is 0.171. The number of hydrogen-bond donors (Lipinski definition) is 2. The number of nitrogens with zero attached hydrogens (tertiary/aromatic N) is 1. The Balaban J connectivity index is 1.82. The first-order valence-corrected chi connectivity index (χ1v) is 7.26. The van der Waals surface area contributed by atoms with Crippen molar-refractivity contribution in [2.75, 3.05) is 5.32 Å². The number of ether oxygens (including phenoxy) is 1. The number of nitrogens with one attached hydrogen (secondary N) is 2. The molecule has 1 aromatic carbocycles. The minimum Gasteiger partial charge on any atom is -0.491 e. The zero-order valence-electron chi connectivity index (χ0n) is 12.2. The van der Waals surface area contributed by atoms with Gasteiger partial charge in [0.15, 0.2) is 5.11 Å². The molecule has 2 N–H and O–H groups in total. The molecule has 0 aliphatic heterocycles. The van der Waals surface area contributed by atoms with Crippen molar-refractivity contribution in [1.29, 1.82) is 0 Å². The molecule has 0 aliphatic rings. The maximum atomic E-state index is 5.59. The van der Waals surface area contributed by atoms with E-state index in [4.69, 9.17) is 17.0 Å². The van der Waals surface area contributed by atoms with Crippen LogP contribution in [0.4, 0.5) is 5.69 Å². The van der Waals surface area contributed by atoms with Gasteiger partial charge in [0.05, 0.1) is 18.3 Å². The molecule has 21 heavy (non-hydrogen) atoms. The van der Waals surface area contributed by atoms with Crippen LogP contribution in [0.2, 0.25) is 0 Å². The van der Waals surface area contributed by atoms with Gasteiger partial charge in [-0.3, -0.25) is 4.98 Å². The number of pyridine rings is 1. The Kier molecular flexibility index (Phi) is 5.51. The molecule has 0 aliphatic carbocycles. The Morgan fingerprint density at radius 3 is 2.57 bits per heavy atom. The molecule has 0 saturated carbocycles. The zero-order chi connectivity index (χ0) is 15.1. The lowest BCUT2D eigenvalue weighted by Gasteiger charge is -2.12. The third kappa shape index (κ3) is 5.39. The van der Waals surface area contributed by atoms with Crippen molar-refractivity contribution < 1.29 is 4.74 Å². The molecule has 4 nitrogen and oxygen atoms in total. The molecule has 110 valence electrons. The SMILES string of the molecule is CC(C)Oc1ccc(NC(=S)NCc2ccccn2)cc1. The topological polar surface area (TPSA) is 46.2 Å². The summed E-state index contributed by atoms with van der Waals surface area (Å²) in [6, 6.07) is 13.5. The highest BCUT2D eigenvalue weighted by atomic mass is 32.1. The van der Waals surface area contributed by atoms with Gasteiger partial charge in [-0.2, -0.15) is 0 Å². The summed E-state index contributed by atoms with van der Waals surface area (Å²) in [7, 11) is 0. The van der Waals surface area contributed by atoms with Crippen molar-refractivity contribution in [2.45, 2.75) is 26.5 Å². The summed E-state index contributed by atoms with van der Waals surface area (Å²) in [4.78, 5) is 4.23. The van der Waals surface area contributed by atoms with Gasteiger partial charge in [0.2, 0.25) is 0 Å². The fourth-order valence-electron chi connectivity index (χ4n) is 1.74. The average Bonchev–Trinajstić information content (AvgIpc) is 2.48. The predicted octanol–water partition coefficient (Wildman–Crippen LogP) is 3.36. The molecule has 5 heteroatoms. The van der Waals surface area contributed by atoms with E-state index in [1.807, 2.05) is 56.3 Å². The second kappa shape index (κ2) is 7.59. The molecule has 0 bridgehead atoms. The summed E-state index contributed by atoms with van der Waals surface area (Å²) in [6.07, 6.45) is 1.94. The molecule has 1 heterocycles. The van der Waals surface area contributed by atoms with Gasteiger partial charge in [-0.25, -0.2) is 0 Å². The summed E-state index contributed by atoms with van der Waals surface area (Å²) in [5.74, 6) is 0.850. The average molecular weight is 301 g/mol. The number of anilines is 1. The van der Waals surface area contributed by atoms with Crippen LogP contribution in [0.1, 0.15) is 19.5 Å². The molecule has 0 radical (unpaired) electrons. The molecule has 0 spiro atoms. The molecule has 0 fully saturated rings.